The fourth-order valence-corrected chi connectivity index (χ4v) is 4.67. The van der Waals surface area contributed by atoms with E-state index in [2.05, 4.69) is 17.5 Å². The summed E-state index contributed by atoms with van der Waals surface area (Å²) in [6.45, 7) is -0.0199. The molecule has 3 aromatic rings. The molecule has 1 N–H and O–H groups in total. The molecule has 3 aromatic carbocycles. The Morgan fingerprint density at radius 1 is 1.00 bits per heavy atom. The topological polar surface area (TPSA) is 108 Å². The fraction of sp³-hybridized carbons (Fsp3) is 0.185. The molecule has 1 atom stereocenters. The first kappa shape index (κ1) is 26.5. The van der Waals surface area contributed by atoms with Gasteiger partial charge in [0.2, 0.25) is 6.79 Å². The third kappa shape index (κ3) is 6.59. The number of ether oxygens (including phenoxy) is 3. The van der Waals surface area contributed by atoms with E-state index in [1.54, 1.807) is 54.6 Å². The van der Waals surface area contributed by atoms with Gasteiger partial charge in [0, 0.05) is 11.8 Å². The van der Waals surface area contributed by atoms with Crippen molar-refractivity contribution in [3.05, 3.63) is 89.5 Å². The Morgan fingerprint density at radius 3 is 2.41 bits per heavy atom. The van der Waals surface area contributed by atoms with Crippen LogP contribution in [0.15, 0.2) is 77.7 Å². The molecule has 0 saturated heterocycles. The predicted octanol–water partition coefficient (Wildman–Crippen LogP) is 3.52. The highest BCUT2D eigenvalue weighted by Gasteiger charge is 2.28. The number of thiol groups is 1. The van der Waals surface area contributed by atoms with Gasteiger partial charge < -0.3 is 19.0 Å². The summed E-state index contributed by atoms with van der Waals surface area (Å²) in [5.74, 6) is 0.592. The largest absolute Gasteiger partial charge is 0.458 e. The molecule has 0 amide bonds. The number of hydrogen-bond acceptors (Lipinski definition) is 9. The lowest BCUT2D eigenvalue weighted by molar-refractivity contribution is -0.133. The van der Waals surface area contributed by atoms with Gasteiger partial charge in [-0.2, -0.15) is 0 Å². The Hall–Kier alpha value is -3.60. The molecule has 1 unspecified atom stereocenters. The standard InChI is InChI=1S/C27H25NO7S2/c1-37(31,32)24-7-3-4-19(14-24)25-16-33-27(30)26(25)20-5-2-6-23(13-20)35-17-34-22-10-8-18(9-11-22)12-21(15-29)28-36/h2-11,13-15,21,28,36H,12,16-17H2,1H3. The summed E-state index contributed by atoms with van der Waals surface area (Å²) in [5.41, 5.74) is 3.11. The fourth-order valence-electron chi connectivity index (χ4n) is 3.85. The molecule has 0 saturated carbocycles. The number of cyclic esters (lactones) is 1. The number of aldehydes is 1. The van der Waals surface area contributed by atoms with Gasteiger partial charge in [-0.3, -0.25) is 4.72 Å². The second kappa shape index (κ2) is 11.6. The second-order valence-electron chi connectivity index (χ2n) is 8.38. The Bertz CT molecular complexity index is 1430. The van der Waals surface area contributed by atoms with E-state index in [1.807, 2.05) is 12.1 Å². The average Bonchev–Trinajstić information content (AvgIpc) is 3.29. The maximum atomic E-state index is 12.6. The zero-order chi connectivity index (χ0) is 26.4. The molecule has 0 fully saturated rings. The Morgan fingerprint density at radius 2 is 1.70 bits per heavy atom. The molecule has 37 heavy (non-hydrogen) atoms. The maximum absolute atomic E-state index is 12.6. The molecule has 1 aliphatic rings. The molecule has 1 heterocycles. The predicted molar refractivity (Wildman–Crippen MR) is 142 cm³/mol. The van der Waals surface area contributed by atoms with Crippen LogP contribution < -0.4 is 14.2 Å². The van der Waals surface area contributed by atoms with Crippen molar-refractivity contribution in [3.63, 3.8) is 0 Å². The summed E-state index contributed by atoms with van der Waals surface area (Å²) in [7, 11) is -3.40. The first-order chi connectivity index (χ1) is 17.8. The SMILES string of the molecule is CS(=O)(=O)c1cccc(C2=C(c3cccc(OCOc4ccc(CC(C=O)NS)cc4)c3)C(=O)OC2)c1. The van der Waals surface area contributed by atoms with Gasteiger partial charge in [0.05, 0.1) is 16.5 Å². The first-order valence-electron chi connectivity index (χ1n) is 11.3. The van der Waals surface area contributed by atoms with E-state index in [9.17, 15) is 18.0 Å². The van der Waals surface area contributed by atoms with E-state index >= 15 is 0 Å². The minimum absolute atomic E-state index is 0.0449. The Balaban J connectivity index is 1.47. The van der Waals surface area contributed by atoms with Crippen molar-refractivity contribution in [1.29, 1.82) is 0 Å². The summed E-state index contributed by atoms with van der Waals surface area (Å²) in [6, 6.07) is 20.3. The monoisotopic (exact) mass is 539 g/mol. The average molecular weight is 540 g/mol. The number of carbonyl (C=O) groups excluding carboxylic acids is 2. The molecular formula is C27H25NO7S2. The molecular weight excluding hydrogens is 514 g/mol. The number of sulfone groups is 1. The van der Waals surface area contributed by atoms with Crippen molar-refractivity contribution >= 4 is 46.1 Å². The van der Waals surface area contributed by atoms with Crippen LogP contribution in [0.25, 0.3) is 11.1 Å². The summed E-state index contributed by atoms with van der Waals surface area (Å²) < 4.78 is 43.3. The highest BCUT2D eigenvalue weighted by atomic mass is 32.2. The molecule has 10 heteroatoms. The van der Waals surface area contributed by atoms with Crippen molar-refractivity contribution in [2.45, 2.75) is 17.4 Å². The lowest BCUT2D eigenvalue weighted by Crippen LogP contribution is -2.24. The van der Waals surface area contributed by atoms with E-state index in [1.165, 1.54) is 6.07 Å². The van der Waals surface area contributed by atoms with Crippen molar-refractivity contribution in [3.8, 4) is 11.5 Å². The number of hydrogen-bond donors (Lipinski definition) is 2. The van der Waals surface area contributed by atoms with Gasteiger partial charge >= 0.3 is 5.97 Å². The Labute approximate surface area is 220 Å². The van der Waals surface area contributed by atoms with Crippen LogP contribution in [0, 0.1) is 0 Å². The smallest absolute Gasteiger partial charge is 0.339 e. The summed E-state index contributed by atoms with van der Waals surface area (Å²) in [6.07, 6.45) is 2.45. The molecule has 8 nitrogen and oxygen atoms in total. The van der Waals surface area contributed by atoms with Gasteiger partial charge in [-0.15, -0.1) is 0 Å². The number of rotatable bonds is 11. The number of carbonyl (C=O) groups is 2. The van der Waals surface area contributed by atoms with E-state index in [-0.39, 0.29) is 24.3 Å². The molecule has 4 rings (SSSR count). The molecule has 0 spiro atoms. The summed E-state index contributed by atoms with van der Waals surface area (Å²) in [5, 5.41) is 0. The zero-order valence-corrected chi connectivity index (χ0v) is 21.6. The van der Waals surface area contributed by atoms with Crippen molar-refractivity contribution in [1.82, 2.24) is 4.72 Å². The van der Waals surface area contributed by atoms with Crippen molar-refractivity contribution in [2.24, 2.45) is 0 Å². The highest BCUT2D eigenvalue weighted by Crippen LogP contribution is 2.35. The van der Waals surface area contributed by atoms with Gasteiger partial charge in [-0.05, 0) is 59.5 Å². The van der Waals surface area contributed by atoms with Crippen LogP contribution in [0.5, 0.6) is 11.5 Å². The van der Waals surface area contributed by atoms with Gasteiger partial charge in [0.25, 0.3) is 0 Å². The van der Waals surface area contributed by atoms with E-state index in [0.29, 0.717) is 40.2 Å². The van der Waals surface area contributed by atoms with E-state index in [0.717, 1.165) is 18.1 Å². The van der Waals surface area contributed by atoms with Crippen LogP contribution in [0.3, 0.4) is 0 Å². The van der Waals surface area contributed by atoms with Crippen LogP contribution in [0.4, 0.5) is 0 Å². The summed E-state index contributed by atoms with van der Waals surface area (Å²) >= 11 is 3.93. The minimum Gasteiger partial charge on any atom is -0.458 e. The van der Waals surface area contributed by atoms with Crippen LogP contribution >= 0.6 is 12.8 Å². The summed E-state index contributed by atoms with van der Waals surface area (Å²) in [4.78, 5) is 23.7. The van der Waals surface area contributed by atoms with Gasteiger partial charge in [0.15, 0.2) is 9.84 Å². The lowest BCUT2D eigenvalue weighted by Gasteiger charge is -2.12. The third-order valence-electron chi connectivity index (χ3n) is 5.75. The molecule has 0 aliphatic carbocycles. The molecule has 0 aromatic heterocycles. The molecule has 1 aliphatic heterocycles. The van der Waals surface area contributed by atoms with E-state index in [4.69, 9.17) is 14.2 Å². The van der Waals surface area contributed by atoms with Gasteiger partial charge in [-0.25, -0.2) is 13.2 Å². The van der Waals surface area contributed by atoms with Crippen molar-refractivity contribution in [2.75, 3.05) is 19.7 Å². The van der Waals surface area contributed by atoms with Crippen LogP contribution in [-0.4, -0.2) is 46.4 Å². The number of benzene rings is 3. The van der Waals surface area contributed by atoms with Crippen LogP contribution in [0.2, 0.25) is 0 Å². The van der Waals surface area contributed by atoms with Crippen molar-refractivity contribution < 1.29 is 32.2 Å². The van der Waals surface area contributed by atoms with E-state index < -0.39 is 15.8 Å². The quantitative estimate of drug-likeness (QED) is 0.165. The lowest BCUT2D eigenvalue weighted by atomic mass is 9.96. The zero-order valence-electron chi connectivity index (χ0n) is 19.9. The second-order valence-corrected chi connectivity index (χ2v) is 10.7. The Kier molecular flexibility index (Phi) is 8.32. The molecule has 192 valence electrons. The van der Waals surface area contributed by atoms with Gasteiger partial charge in [-0.1, -0.05) is 49.2 Å². The van der Waals surface area contributed by atoms with Crippen LogP contribution in [-0.2, 0) is 30.6 Å². The number of nitrogens with one attached hydrogen (secondary N) is 1. The molecule has 0 radical (unpaired) electrons. The maximum Gasteiger partial charge on any atom is 0.339 e. The third-order valence-corrected chi connectivity index (χ3v) is 7.19. The number of esters is 1. The highest BCUT2D eigenvalue weighted by molar-refractivity contribution is 7.90. The molecule has 0 bridgehead atoms. The first-order valence-corrected chi connectivity index (χ1v) is 13.6. The minimum atomic E-state index is -3.40. The van der Waals surface area contributed by atoms with Crippen LogP contribution in [0.1, 0.15) is 16.7 Å². The normalized spacial score (nSPS) is 14.3. The van der Waals surface area contributed by atoms with Gasteiger partial charge in [0.1, 0.15) is 24.4 Å².